The summed E-state index contributed by atoms with van der Waals surface area (Å²) in [6, 6.07) is 0.311. The number of ether oxygens (including phenoxy) is 1. The van der Waals surface area contributed by atoms with Gasteiger partial charge in [0.15, 0.2) is 0 Å². The Kier molecular flexibility index (Phi) is 3.56. The Bertz CT molecular complexity index is 341. The van der Waals surface area contributed by atoms with Crippen molar-refractivity contribution in [2.24, 2.45) is 11.7 Å². The summed E-state index contributed by atoms with van der Waals surface area (Å²) in [5.74, 6) is 2.00. The highest BCUT2D eigenvalue weighted by atomic mass is 16.5. The molecule has 0 amide bonds. The van der Waals surface area contributed by atoms with Crippen molar-refractivity contribution in [3.8, 4) is 5.88 Å². The van der Waals surface area contributed by atoms with E-state index in [4.69, 9.17) is 10.5 Å². The van der Waals surface area contributed by atoms with Gasteiger partial charge in [-0.05, 0) is 25.7 Å². The van der Waals surface area contributed by atoms with Crippen molar-refractivity contribution in [2.75, 3.05) is 18.5 Å². The minimum absolute atomic E-state index is 0.311. The minimum atomic E-state index is 0.311. The molecule has 0 radical (unpaired) electrons. The highest BCUT2D eigenvalue weighted by Gasteiger charge is 2.30. The Morgan fingerprint density at radius 2 is 2.38 bits per heavy atom. The van der Waals surface area contributed by atoms with Crippen LogP contribution in [0.15, 0.2) is 12.4 Å². The summed E-state index contributed by atoms with van der Waals surface area (Å²) < 4.78 is 5.29. The molecule has 0 aliphatic heterocycles. The first kappa shape index (κ1) is 11.1. The molecule has 0 aromatic carbocycles. The summed E-state index contributed by atoms with van der Waals surface area (Å²) in [7, 11) is 0. The monoisotopic (exact) mass is 222 g/mol. The Morgan fingerprint density at radius 3 is 3.00 bits per heavy atom. The summed E-state index contributed by atoms with van der Waals surface area (Å²) in [6.07, 6.45) is 5.83. The third-order valence-electron chi connectivity index (χ3n) is 2.68. The van der Waals surface area contributed by atoms with E-state index in [1.165, 1.54) is 12.8 Å². The third kappa shape index (κ3) is 2.82. The maximum Gasteiger partial charge on any atom is 0.234 e. The van der Waals surface area contributed by atoms with E-state index in [1.54, 1.807) is 12.4 Å². The standard InChI is InChI=1S/C11H18N4O/c1-2-16-11-7-13-6-10(15-11)14-9(5-12)8-3-4-8/h6-9H,2-5,12H2,1H3,(H,14,15). The summed E-state index contributed by atoms with van der Waals surface area (Å²) in [4.78, 5) is 8.39. The van der Waals surface area contributed by atoms with Gasteiger partial charge in [0.05, 0.1) is 19.0 Å². The lowest BCUT2D eigenvalue weighted by Crippen LogP contribution is -2.31. The van der Waals surface area contributed by atoms with Crippen LogP contribution < -0.4 is 15.8 Å². The number of anilines is 1. The van der Waals surface area contributed by atoms with Gasteiger partial charge in [-0.3, -0.25) is 4.98 Å². The van der Waals surface area contributed by atoms with Crippen molar-refractivity contribution in [3.63, 3.8) is 0 Å². The van der Waals surface area contributed by atoms with Crippen molar-refractivity contribution in [3.05, 3.63) is 12.4 Å². The summed E-state index contributed by atoms with van der Waals surface area (Å²) in [5.41, 5.74) is 5.72. The van der Waals surface area contributed by atoms with Crippen LogP contribution in [0.5, 0.6) is 5.88 Å². The second-order valence-electron chi connectivity index (χ2n) is 4.00. The lowest BCUT2D eigenvalue weighted by molar-refractivity contribution is 0.325. The lowest BCUT2D eigenvalue weighted by atomic mass is 10.2. The van der Waals surface area contributed by atoms with Crippen molar-refractivity contribution < 1.29 is 4.74 Å². The van der Waals surface area contributed by atoms with E-state index < -0.39 is 0 Å². The van der Waals surface area contributed by atoms with Crippen LogP contribution in [0.2, 0.25) is 0 Å². The van der Waals surface area contributed by atoms with Crippen molar-refractivity contribution in [2.45, 2.75) is 25.8 Å². The molecule has 1 atom stereocenters. The number of hydrogen-bond acceptors (Lipinski definition) is 5. The minimum Gasteiger partial charge on any atom is -0.477 e. The van der Waals surface area contributed by atoms with Gasteiger partial charge in [-0.1, -0.05) is 0 Å². The molecular formula is C11H18N4O. The average molecular weight is 222 g/mol. The number of hydrogen-bond donors (Lipinski definition) is 2. The van der Waals surface area contributed by atoms with Crippen molar-refractivity contribution >= 4 is 5.82 Å². The van der Waals surface area contributed by atoms with E-state index in [0.29, 0.717) is 31.0 Å². The second kappa shape index (κ2) is 5.12. The zero-order valence-corrected chi connectivity index (χ0v) is 9.52. The van der Waals surface area contributed by atoms with Crippen LogP contribution in [0, 0.1) is 5.92 Å². The first-order chi connectivity index (χ1) is 7.83. The second-order valence-corrected chi connectivity index (χ2v) is 4.00. The molecule has 2 rings (SSSR count). The topological polar surface area (TPSA) is 73.1 Å². The molecule has 1 heterocycles. The summed E-state index contributed by atoms with van der Waals surface area (Å²) in [5, 5.41) is 3.31. The van der Waals surface area contributed by atoms with E-state index in [1.807, 2.05) is 6.92 Å². The molecule has 1 aliphatic rings. The van der Waals surface area contributed by atoms with Crippen LogP contribution in [0.1, 0.15) is 19.8 Å². The lowest BCUT2D eigenvalue weighted by Gasteiger charge is -2.16. The van der Waals surface area contributed by atoms with Crippen LogP contribution in [-0.2, 0) is 0 Å². The Morgan fingerprint density at radius 1 is 1.56 bits per heavy atom. The highest BCUT2D eigenvalue weighted by Crippen LogP contribution is 2.33. The van der Waals surface area contributed by atoms with Crippen LogP contribution in [0.4, 0.5) is 5.82 Å². The quantitative estimate of drug-likeness (QED) is 0.752. The highest BCUT2D eigenvalue weighted by molar-refractivity contribution is 5.35. The van der Waals surface area contributed by atoms with Crippen LogP contribution in [-0.4, -0.2) is 29.2 Å². The number of nitrogens with zero attached hydrogens (tertiary/aromatic N) is 2. The van der Waals surface area contributed by atoms with Crippen LogP contribution in [0.25, 0.3) is 0 Å². The molecule has 1 aliphatic carbocycles. The number of rotatable bonds is 6. The molecule has 5 nitrogen and oxygen atoms in total. The molecule has 1 aromatic heterocycles. The molecule has 0 bridgehead atoms. The molecule has 0 saturated heterocycles. The molecule has 1 fully saturated rings. The van der Waals surface area contributed by atoms with Gasteiger partial charge in [0, 0.05) is 12.6 Å². The Labute approximate surface area is 95.4 Å². The van der Waals surface area contributed by atoms with Gasteiger partial charge >= 0.3 is 0 Å². The maximum absolute atomic E-state index is 5.72. The Balaban J connectivity index is 1.99. The maximum atomic E-state index is 5.72. The molecule has 3 N–H and O–H groups in total. The van der Waals surface area contributed by atoms with Gasteiger partial charge in [-0.2, -0.15) is 4.98 Å². The predicted molar refractivity (Wildman–Crippen MR) is 62.4 cm³/mol. The fourth-order valence-electron chi connectivity index (χ4n) is 1.69. The fraction of sp³-hybridized carbons (Fsp3) is 0.636. The fourth-order valence-corrected chi connectivity index (χ4v) is 1.69. The first-order valence-corrected chi connectivity index (χ1v) is 5.75. The molecule has 1 aromatic rings. The number of nitrogens with one attached hydrogen (secondary N) is 1. The summed E-state index contributed by atoms with van der Waals surface area (Å²) in [6.45, 7) is 3.15. The average Bonchev–Trinajstić information content (AvgIpc) is 3.11. The molecule has 16 heavy (non-hydrogen) atoms. The van der Waals surface area contributed by atoms with Crippen LogP contribution >= 0.6 is 0 Å². The number of nitrogens with two attached hydrogens (primary N) is 1. The van der Waals surface area contributed by atoms with E-state index in [9.17, 15) is 0 Å². The van der Waals surface area contributed by atoms with Gasteiger partial charge in [0.25, 0.3) is 0 Å². The third-order valence-corrected chi connectivity index (χ3v) is 2.68. The van der Waals surface area contributed by atoms with Gasteiger partial charge in [-0.15, -0.1) is 0 Å². The molecule has 0 spiro atoms. The molecule has 1 unspecified atom stereocenters. The van der Waals surface area contributed by atoms with Crippen molar-refractivity contribution in [1.29, 1.82) is 0 Å². The normalized spacial score (nSPS) is 16.9. The molecular weight excluding hydrogens is 204 g/mol. The van der Waals surface area contributed by atoms with Gasteiger partial charge in [0.2, 0.25) is 5.88 Å². The predicted octanol–water partition coefficient (Wildman–Crippen LogP) is 1.02. The first-order valence-electron chi connectivity index (χ1n) is 5.75. The number of aromatic nitrogens is 2. The zero-order valence-electron chi connectivity index (χ0n) is 9.52. The van der Waals surface area contributed by atoms with Gasteiger partial charge < -0.3 is 15.8 Å². The van der Waals surface area contributed by atoms with E-state index >= 15 is 0 Å². The van der Waals surface area contributed by atoms with E-state index in [-0.39, 0.29) is 0 Å². The van der Waals surface area contributed by atoms with Gasteiger partial charge in [-0.25, -0.2) is 0 Å². The zero-order chi connectivity index (χ0) is 11.4. The Hall–Kier alpha value is -1.36. The largest absolute Gasteiger partial charge is 0.477 e. The smallest absolute Gasteiger partial charge is 0.234 e. The van der Waals surface area contributed by atoms with Crippen LogP contribution in [0.3, 0.4) is 0 Å². The summed E-state index contributed by atoms with van der Waals surface area (Å²) >= 11 is 0. The van der Waals surface area contributed by atoms with Crippen molar-refractivity contribution in [1.82, 2.24) is 9.97 Å². The SMILES string of the molecule is CCOc1cncc(NC(CN)C2CC2)n1. The van der Waals surface area contributed by atoms with E-state index in [2.05, 4.69) is 15.3 Å². The molecule has 88 valence electrons. The van der Waals surface area contributed by atoms with E-state index in [0.717, 1.165) is 5.82 Å². The molecule has 1 saturated carbocycles. The van der Waals surface area contributed by atoms with Gasteiger partial charge in [0.1, 0.15) is 5.82 Å². The molecule has 5 heteroatoms.